The van der Waals surface area contributed by atoms with Crippen LogP contribution in [0.4, 0.5) is 4.79 Å². The number of urea groups is 1. The van der Waals surface area contributed by atoms with Crippen molar-refractivity contribution in [2.75, 3.05) is 13.1 Å². The van der Waals surface area contributed by atoms with Gasteiger partial charge in [-0.2, -0.15) is 0 Å². The van der Waals surface area contributed by atoms with E-state index in [2.05, 4.69) is 35.8 Å². The van der Waals surface area contributed by atoms with Crippen LogP contribution in [0, 0.1) is 6.92 Å². The molecule has 2 amide bonds. The molecule has 106 valence electrons. The summed E-state index contributed by atoms with van der Waals surface area (Å²) in [6.07, 6.45) is 1.99. The molecule has 0 aliphatic carbocycles. The number of carbonyl (C=O) groups is 1. The third kappa shape index (κ3) is 6.82. The molecule has 0 saturated heterocycles. The molecule has 0 saturated carbocycles. The van der Waals surface area contributed by atoms with Gasteiger partial charge in [0.05, 0.1) is 6.10 Å². The number of aliphatic hydroxyl groups excluding tert-OH is 1. The van der Waals surface area contributed by atoms with Crippen LogP contribution in [0.25, 0.3) is 0 Å². The molecular formula is C15H24N2O2. The predicted octanol–water partition coefficient (Wildman–Crippen LogP) is 2.00. The SMILES string of the molecule is CCCC(O)CNC(=O)NCCc1cccc(C)c1. The number of hydrogen-bond acceptors (Lipinski definition) is 2. The van der Waals surface area contributed by atoms with Crippen LogP contribution >= 0.6 is 0 Å². The van der Waals surface area contributed by atoms with Gasteiger partial charge in [0.1, 0.15) is 0 Å². The van der Waals surface area contributed by atoms with E-state index in [0.717, 1.165) is 12.8 Å². The van der Waals surface area contributed by atoms with Gasteiger partial charge < -0.3 is 15.7 Å². The lowest BCUT2D eigenvalue weighted by Gasteiger charge is -2.11. The molecule has 1 aromatic carbocycles. The molecule has 4 nitrogen and oxygen atoms in total. The minimum Gasteiger partial charge on any atom is -0.391 e. The van der Waals surface area contributed by atoms with Gasteiger partial charge in [-0.3, -0.25) is 0 Å². The van der Waals surface area contributed by atoms with Gasteiger partial charge >= 0.3 is 6.03 Å². The first-order valence-corrected chi connectivity index (χ1v) is 6.87. The van der Waals surface area contributed by atoms with E-state index < -0.39 is 6.10 Å². The molecule has 1 unspecified atom stereocenters. The smallest absolute Gasteiger partial charge is 0.314 e. The molecule has 0 spiro atoms. The monoisotopic (exact) mass is 264 g/mol. The summed E-state index contributed by atoms with van der Waals surface area (Å²) in [6, 6.07) is 8.02. The van der Waals surface area contributed by atoms with E-state index in [1.165, 1.54) is 11.1 Å². The van der Waals surface area contributed by atoms with E-state index in [4.69, 9.17) is 0 Å². The first-order valence-electron chi connectivity index (χ1n) is 6.87. The van der Waals surface area contributed by atoms with Crippen LogP contribution in [0.3, 0.4) is 0 Å². The Kier molecular flexibility index (Phi) is 6.97. The fourth-order valence-electron chi connectivity index (χ4n) is 1.90. The van der Waals surface area contributed by atoms with Crippen LogP contribution in [-0.2, 0) is 6.42 Å². The fourth-order valence-corrected chi connectivity index (χ4v) is 1.90. The van der Waals surface area contributed by atoms with Crippen molar-refractivity contribution in [1.29, 1.82) is 0 Å². The van der Waals surface area contributed by atoms with Gasteiger partial charge in [-0.05, 0) is 25.3 Å². The average molecular weight is 264 g/mol. The van der Waals surface area contributed by atoms with Gasteiger partial charge in [0.2, 0.25) is 0 Å². The molecule has 3 N–H and O–H groups in total. The quantitative estimate of drug-likeness (QED) is 0.705. The van der Waals surface area contributed by atoms with Crippen molar-refractivity contribution < 1.29 is 9.90 Å². The summed E-state index contributed by atoms with van der Waals surface area (Å²) in [5.74, 6) is 0. The highest BCUT2D eigenvalue weighted by molar-refractivity contribution is 5.73. The van der Waals surface area contributed by atoms with Crippen LogP contribution < -0.4 is 10.6 Å². The highest BCUT2D eigenvalue weighted by atomic mass is 16.3. The molecule has 0 bridgehead atoms. The van der Waals surface area contributed by atoms with Gasteiger partial charge in [0, 0.05) is 13.1 Å². The summed E-state index contributed by atoms with van der Waals surface area (Å²) in [6.45, 7) is 4.97. The number of nitrogens with one attached hydrogen (secondary N) is 2. The third-order valence-corrected chi connectivity index (χ3v) is 2.90. The van der Waals surface area contributed by atoms with E-state index in [-0.39, 0.29) is 6.03 Å². The number of benzene rings is 1. The third-order valence-electron chi connectivity index (χ3n) is 2.90. The molecule has 0 aromatic heterocycles. The predicted molar refractivity (Wildman–Crippen MR) is 77.2 cm³/mol. The Morgan fingerprint density at radius 1 is 1.37 bits per heavy atom. The molecule has 0 aliphatic rings. The molecule has 0 radical (unpaired) electrons. The van der Waals surface area contributed by atoms with Crippen molar-refractivity contribution in [2.45, 2.75) is 39.2 Å². The number of carbonyl (C=O) groups excluding carboxylic acids is 1. The van der Waals surface area contributed by atoms with Crippen LogP contribution in [0.5, 0.6) is 0 Å². The molecular weight excluding hydrogens is 240 g/mol. The number of aryl methyl sites for hydroxylation is 1. The summed E-state index contributed by atoms with van der Waals surface area (Å²) in [7, 11) is 0. The van der Waals surface area contributed by atoms with Crippen molar-refractivity contribution in [3.8, 4) is 0 Å². The topological polar surface area (TPSA) is 61.4 Å². The van der Waals surface area contributed by atoms with Crippen molar-refractivity contribution in [1.82, 2.24) is 10.6 Å². The van der Waals surface area contributed by atoms with E-state index in [0.29, 0.717) is 19.5 Å². The normalized spacial score (nSPS) is 11.9. The van der Waals surface area contributed by atoms with Gasteiger partial charge in [-0.25, -0.2) is 4.79 Å². The maximum atomic E-state index is 11.5. The number of hydrogen-bond donors (Lipinski definition) is 3. The minimum absolute atomic E-state index is 0.220. The van der Waals surface area contributed by atoms with E-state index in [1.54, 1.807) is 0 Å². The van der Waals surface area contributed by atoms with Gasteiger partial charge in [0.15, 0.2) is 0 Å². The second-order valence-electron chi connectivity index (χ2n) is 4.82. The number of rotatable bonds is 7. The summed E-state index contributed by atoms with van der Waals surface area (Å²) in [5, 5.41) is 14.9. The second-order valence-corrected chi connectivity index (χ2v) is 4.82. The Balaban J connectivity index is 2.17. The molecule has 1 aromatic rings. The van der Waals surface area contributed by atoms with Gasteiger partial charge in [0.25, 0.3) is 0 Å². The van der Waals surface area contributed by atoms with Crippen LogP contribution in [0.1, 0.15) is 30.9 Å². The molecule has 19 heavy (non-hydrogen) atoms. The lowest BCUT2D eigenvalue weighted by Crippen LogP contribution is -2.40. The van der Waals surface area contributed by atoms with Crippen LogP contribution in [0.15, 0.2) is 24.3 Å². The van der Waals surface area contributed by atoms with Gasteiger partial charge in [-0.15, -0.1) is 0 Å². The first-order chi connectivity index (χ1) is 9.11. The Labute approximate surface area is 115 Å². The molecule has 0 fully saturated rings. The Hall–Kier alpha value is -1.55. The lowest BCUT2D eigenvalue weighted by molar-refractivity contribution is 0.160. The summed E-state index contributed by atoms with van der Waals surface area (Å²) < 4.78 is 0. The fraction of sp³-hybridized carbons (Fsp3) is 0.533. The molecule has 1 atom stereocenters. The number of aliphatic hydroxyl groups is 1. The van der Waals surface area contributed by atoms with Gasteiger partial charge in [-0.1, -0.05) is 43.2 Å². The van der Waals surface area contributed by atoms with E-state index >= 15 is 0 Å². The Morgan fingerprint density at radius 3 is 2.84 bits per heavy atom. The molecule has 0 heterocycles. The number of amides is 2. The average Bonchev–Trinajstić information content (AvgIpc) is 2.37. The highest BCUT2D eigenvalue weighted by Crippen LogP contribution is 2.03. The van der Waals surface area contributed by atoms with E-state index in [9.17, 15) is 9.90 Å². The second kappa shape index (κ2) is 8.53. The minimum atomic E-state index is -0.451. The highest BCUT2D eigenvalue weighted by Gasteiger charge is 2.05. The Bertz CT molecular complexity index is 393. The van der Waals surface area contributed by atoms with Crippen molar-refractivity contribution >= 4 is 6.03 Å². The lowest BCUT2D eigenvalue weighted by atomic mass is 10.1. The summed E-state index contributed by atoms with van der Waals surface area (Å²) >= 11 is 0. The summed E-state index contributed by atoms with van der Waals surface area (Å²) in [5.41, 5.74) is 2.44. The Morgan fingerprint density at radius 2 is 2.16 bits per heavy atom. The van der Waals surface area contributed by atoms with Crippen LogP contribution in [0.2, 0.25) is 0 Å². The zero-order chi connectivity index (χ0) is 14.1. The van der Waals surface area contributed by atoms with Crippen molar-refractivity contribution in [3.63, 3.8) is 0 Å². The maximum absolute atomic E-state index is 11.5. The molecule has 1 rings (SSSR count). The van der Waals surface area contributed by atoms with Crippen molar-refractivity contribution in [3.05, 3.63) is 35.4 Å². The maximum Gasteiger partial charge on any atom is 0.314 e. The van der Waals surface area contributed by atoms with E-state index in [1.807, 2.05) is 13.0 Å². The standard InChI is InChI=1S/C15H24N2O2/c1-3-5-14(18)11-17-15(19)16-9-8-13-7-4-6-12(2)10-13/h4,6-7,10,14,18H,3,5,8-9,11H2,1-2H3,(H2,16,17,19). The summed E-state index contributed by atoms with van der Waals surface area (Å²) in [4.78, 5) is 11.5. The van der Waals surface area contributed by atoms with Crippen LogP contribution in [-0.4, -0.2) is 30.3 Å². The zero-order valence-electron chi connectivity index (χ0n) is 11.8. The largest absolute Gasteiger partial charge is 0.391 e. The first kappa shape index (κ1) is 15.5. The zero-order valence-corrected chi connectivity index (χ0v) is 11.8. The van der Waals surface area contributed by atoms with Crippen molar-refractivity contribution in [2.24, 2.45) is 0 Å². The molecule has 4 heteroatoms. The molecule has 0 aliphatic heterocycles.